The molecule has 1 aliphatic heterocycles. The van der Waals surface area contributed by atoms with Gasteiger partial charge in [-0.15, -0.1) is 0 Å². The molecule has 2 rings (SSSR count). The molecule has 18 heavy (non-hydrogen) atoms. The lowest BCUT2D eigenvalue weighted by Gasteiger charge is -2.30. The number of carbonyl (C=O) groups is 1. The second-order valence-electron chi connectivity index (χ2n) is 5.87. The van der Waals surface area contributed by atoms with E-state index in [9.17, 15) is 4.79 Å². The summed E-state index contributed by atoms with van der Waals surface area (Å²) in [4.78, 5) is 11.8. The predicted molar refractivity (Wildman–Crippen MR) is 73.6 cm³/mol. The second kappa shape index (κ2) is 6.98. The van der Waals surface area contributed by atoms with Crippen molar-refractivity contribution in [2.24, 2.45) is 5.92 Å². The van der Waals surface area contributed by atoms with Crippen molar-refractivity contribution in [3.8, 4) is 0 Å². The molecular weight excluding hydrogens is 226 g/mol. The average molecular weight is 253 g/mol. The lowest BCUT2D eigenvalue weighted by molar-refractivity contribution is 0.226. The first-order chi connectivity index (χ1) is 8.75. The monoisotopic (exact) mass is 253 g/mol. The standard InChI is InChI=1S/C14H27N3O/c1-11-6-5-9-15-13(11)10-16-14(18)17-12-7-3-2-4-8-12/h11-13,15H,2-10H2,1H3,(H2,16,17,18). The zero-order valence-electron chi connectivity index (χ0n) is 11.5. The number of amides is 2. The third-order valence-electron chi connectivity index (χ3n) is 4.35. The van der Waals surface area contributed by atoms with Gasteiger partial charge in [-0.1, -0.05) is 26.2 Å². The summed E-state index contributed by atoms with van der Waals surface area (Å²) in [6, 6.07) is 0.854. The Morgan fingerprint density at radius 2 is 1.94 bits per heavy atom. The summed E-state index contributed by atoms with van der Waals surface area (Å²) in [5.74, 6) is 0.661. The molecule has 0 aromatic heterocycles. The van der Waals surface area contributed by atoms with Gasteiger partial charge in [0.1, 0.15) is 0 Å². The van der Waals surface area contributed by atoms with Crippen LogP contribution in [0.2, 0.25) is 0 Å². The molecule has 0 radical (unpaired) electrons. The van der Waals surface area contributed by atoms with E-state index in [1.54, 1.807) is 0 Å². The molecule has 4 nitrogen and oxygen atoms in total. The average Bonchev–Trinajstić information content (AvgIpc) is 2.39. The molecule has 2 unspecified atom stereocenters. The van der Waals surface area contributed by atoms with E-state index in [-0.39, 0.29) is 6.03 Å². The number of urea groups is 1. The van der Waals surface area contributed by atoms with Crippen LogP contribution in [0.1, 0.15) is 51.9 Å². The van der Waals surface area contributed by atoms with E-state index in [4.69, 9.17) is 0 Å². The molecule has 1 saturated carbocycles. The Kier molecular flexibility index (Phi) is 5.29. The molecule has 104 valence electrons. The molecule has 0 spiro atoms. The van der Waals surface area contributed by atoms with E-state index in [1.807, 2.05) is 0 Å². The van der Waals surface area contributed by atoms with Gasteiger partial charge >= 0.3 is 6.03 Å². The minimum absolute atomic E-state index is 0.0153. The number of rotatable bonds is 3. The van der Waals surface area contributed by atoms with Crippen LogP contribution in [0, 0.1) is 5.92 Å². The SMILES string of the molecule is CC1CCCNC1CNC(=O)NC1CCCCC1. The molecule has 0 bridgehead atoms. The van der Waals surface area contributed by atoms with Gasteiger partial charge in [0, 0.05) is 18.6 Å². The van der Waals surface area contributed by atoms with Crippen LogP contribution in [0.15, 0.2) is 0 Å². The molecule has 2 fully saturated rings. The van der Waals surface area contributed by atoms with Crippen molar-refractivity contribution < 1.29 is 4.79 Å². The molecule has 1 aliphatic carbocycles. The highest BCUT2D eigenvalue weighted by Crippen LogP contribution is 2.17. The van der Waals surface area contributed by atoms with Crippen molar-refractivity contribution in [3.63, 3.8) is 0 Å². The van der Waals surface area contributed by atoms with Crippen molar-refractivity contribution in [2.45, 2.75) is 64.0 Å². The molecule has 1 saturated heterocycles. The molecule has 3 N–H and O–H groups in total. The molecular formula is C14H27N3O. The van der Waals surface area contributed by atoms with Crippen LogP contribution in [-0.4, -0.2) is 31.2 Å². The van der Waals surface area contributed by atoms with Crippen LogP contribution in [0.25, 0.3) is 0 Å². The lowest BCUT2D eigenvalue weighted by atomic mass is 9.93. The van der Waals surface area contributed by atoms with Gasteiger partial charge in [-0.2, -0.15) is 0 Å². The molecule has 0 aromatic carbocycles. The van der Waals surface area contributed by atoms with E-state index >= 15 is 0 Å². The van der Waals surface area contributed by atoms with Crippen LogP contribution in [0.5, 0.6) is 0 Å². The van der Waals surface area contributed by atoms with Crippen LogP contribution in [0.3, 0.4) is 0 Å². The maximum absolute atomic E-state index is 11.8. The smallest absolute Gasteiger partial charge is 0.315 e. The zero-order chi connectivity index (χ0) is 12.8. The Balaban J connectivity index is 1.64. The summed E-state index contributed by atoms with van der Waals surface area (Å²) in [6.07, 6.45) is 8.65. The van der Waals surface area contributed by atoms with Crippen molar-refractivity contribution in [1.29, 1.82) is 0 Å². The summed E-state index contributed by atoms with van der Waals surface area (Å²) >= 11 is 0. The van der Waals surface area contributed by atoms with E-state index in [1.165, 1.54) is 32.1 Å². The third kappa shape index (κ3) is 4.16. The fourth-order valence-corrected chi connectivity index (χ4v) is 3.07. The first-order valence-corrected chi connectivity index (χ1v) is 7.53. The number of piperidine rings is 1. The number of carbonyl (C=O) groups excluding carboxylic acids is 1. The summed E-state index contributed by atoms with van der Waals surface area (Å²) < 4.78 is 0. The fourth-order valence-electron chi connectivity index (χ4n) is 3.07. The van der Waals surface area contributed by atoms with Crippen LogP contribution in [0.4, 0.5) is 4.79 Å². The van der Waals surface area contributed by atoms with E-state index in [0.717, 1.165) is 25.9 Å². The van der Waals surface area contributed by atoms with Crippen molar-refractivity contribution in [2.75, 3.05) is 13.1 Å². The Hall–Kier alpha value is -0.770. The van der Waals surface area contributed by atoms with Gasteiger partial charge in [0.2, 0.25) is 0 Å². The Morgan fingerprint density at radius 1 is 1.17 bits per heavy atom. The topological polar surface area (TPSA) is 53.2 Å². The van der Waals surface area contributed by atoms with Crippen molar-refractivity contribution in [1.82, 2.24) is 16.0 Å². The Labute approximate surface area is 110 Å². The fraction of sp³-hybridized carbons (Fsp3) is 0.929. The van der Waals surface area contributed by atoms with Gasteiger partial charge in [0.05, 0.1) is 0 Å². The Morgan fingerprint density at radius 3 is 2.67 bits per heavy atom. The van der Waals surface area contributed by atoms with Crippen molar-refractivity contribution in [3.05, 3.63) is 0 Å². The molecule has 4 heteroatoms. The predicted octanol–water partition coefficient (Wildman–Crippen LogP) is 2.01. The van der Waals surface area contributed by atoms with Crippen LogP contribution >= 0.6 is 0 Å². The highest BCUT2D eigenvalue weighted by atomic mass is 16.2. The largest absolute Gasteiger partial charge is 0.337 e. The minimum atomic E-state index is 0.0153. The summed E-state index contributed by atoms with van der Waals surface area (Å²) in [5.41, 5.74) is 0. The molecule has 2 atom stereocenters. The minimum Gasteiger partial charge on any atom is -0.337 e. The lowest BCUT2D eigenvalue weighted by Crippen LogP contribution is -2.51. The first-order valence-electron chi connectivity index (χ1n) is 7.53. The van der Waals surface area contributed by atoms with Crippen molar-refractivity contribution >= 4 is 6.03 Å². The molecule has 0 aromatic rings. The van der Waals surface area contributed by atoms with Gasteiger partial charge in [-0.05, 0) is 38.1 Å². The summed E-state index contributed by atoms with van der Waals surface area (Å²) in [7, 11) is 0. The Bertz CT molecular complexity index is 264. The third-order valence-corrected chi connectivity index (χ3v) is 4.35. The van der Waals surface area contributed by atoms with Gasteiger partial charge in [0.25, 0.3) is 0 Å². The number of nitrogens with one attached hydrogen (secondary N) is 3. The normalized spacial score (nSPS) is 29.8. The maximum Gasteiger partial charge on any atom is 0.315 e. The highest BCUT2D eigenvalue weighted by Gasteiger charge is 2.21. The number of hydrogen-bond donors (Lipinski definition) is 3. The maximum atomic E-state index is 11.8. The van der Waals surface area contributed by atoms with E-state index in [2.05, 4.69) is 22.9 Å². The molecule has 2 amide bonds. The van der Waals surface area contributed by atoms with Gasteiger partial charge in [-0.25, -0.2) is 4.79 Å². The molecule has 2 aliphatic rings. The molecule has 1 heterocycles. The highest BCUT2D eigenvalue weighted by molar-refractivity contribution is 5.74. The number of hydrogen-bond acceptors (Lipinski definition) is 2. The first kappa shape index (κ1) is 13.7. The summed E-state index contributed by atoms with van der Waals surface area (Å²) in [6.45, 7) is 4.10. The van der Waals surface area contributed by atoms with E-state index < -0.39 is 0 Å². The van der Waals surface area contributed by atoms with E-state index in [0.29, 0.717) is 18.0 Å². The quantitative estimate of drug-likeness (QED) is 0.720. The van der Waals surface area contributed by atoms with Gasteiger partial charge in [0.15, 0.2) is 0 Å². The van der Waals surface area contributed by atoms with Gasteiger partial charge < -0.3 is 16.0 Å². The second-order valence-corrected chi connectivity index (χ2v) is 5.87. The van der Waals surface area contributed by atoms with Gasteiger partial charge in [-0.3, -0.25) is 0 Å². The zero-order valence-corrected chi connectivity index (χ0v) is 11.5. The van der Waals surface area contributed by atoms with Crippen LogP contribution < -0.4 is 16.0 Å². The van der Waals surface area contributed by atoms with Crippen LogP contribution in [-0.2, 0) is 0 Å². The summed E-state index contributed by atoms with van der Waals surface area (Å²) in [5, 5.41) is 9.60.